The first kappa shape index (κ1) is 18.1. The summed E-state index contributed by atoms with van der Waals surface area (Å²) in [5.74, 6) is 0. The molecule has 2 amide bonds. The number of aryl methyl sites for hydroxylation is 1. The third kappa shape index (κ3) is 4.19. The fourth-order valence-corrected chi connectivity index (χ4v) is 3.79. The summed E-state index contributed by atoms with van der Waals surface area (Å²) in [6.07, 6.45) is 1.30. The maximum absolute atomic E-state index is 11.4. The zero-order valence-corrected chi connectivity index (χ0v) is 14.2. The third-order valence-electron chi connectivity index (χ3n) is 5.37. The average molecular weight is 334 g/mol. The fraction of sp³-hybridized carbons (Fsp3) is 0.556. The van der Waals surface area contributed by atoms with Gasteiger partial charge in [0.1, 0.15) is 0 Å². The minimum absolute atomic E-state index is 0.217. The molecule has 0 spiro atoms. The van der Waals surface area contributed by atoms with E-state index in [0.29, 0.717) is 19.3 Å². The highest BCUT2D eigenvalue weighted by atomic mass is 16.4. The number of rotatable bonds is 6. The molecule has 24 heavy (non-hydrogen) atoms. The summed E-state index contributed by atoms with van der Waals surface area (Å²) in [7, 11) is 0. The van der Waals surface area contributed by atoms with Crippen molar-refractivity contribution in [1.29, 1.82) is 0 Å². The molecule has 6 heteroatoms. The number of hydrogen-bond acceptors (Lipinski definition) is 2. The van der Waals surface area contributed by atoms with Crippen molar-refractivity contribution in [2.45, 2.75) is 57.5 Å². The van der Waals surface area contributed by atoms with E-state index in [1.165, 1.54) is 5.56 Å². The molecule has 0 radical (unpaired) electrons. The molecule has 1 saturated carbocycles. The first-order chi connectivity index (χ1) is 11.2. The molecular formula is C18H26N2O4. The van der Waals surface area contributed by atoms with Crippen molar-refractivity contribution in [2.75, 3.05) is 0 Å². The maximum Gasteiger partial charge on any atom is 0.405 e. The van der Waals surface area contributed by atoms with Gasteiger partial charge in [-0.15, -0.1) is 0 Å². The first-order valence-corrected chi connectivity index (χ1v) is 8.29. The topological polar surface area (TPSA) is 98.7 Å². The van der Waals surface area contributed by atoms with E-state index in [4.69, 9.17) is 5.11 Å². The number of amides is 2. The monoisotopic (exact) mass is 334 g/mol. The molecule has 1 aromatic carbocycles. The highest BCUT2D eigenvalue weighted by Gasteiger charge is 2.50. The highest BCUT2D eigenvalue weighted by Crippen LogP contribution is 2.46. The van der Waals surface area contributed by atoms with Crippen LogP contribution in [0.25, 0.3) is 0 Å². The Hall–Kier alpha value is -2.24. The van der Waals surface area contributed by atoms with Gasteiger partial charge < -0.3 is 20.8 Å². The van der Waals surface area contributed by atoms with Gasteiger partial charge in [0.15, 0.2) is 0 Å². The molecule has 0 aromatic heterocycles. The van der Waals surface area contributed by atoms with Crippen LogP contribution in [0, 0.1) is 5.41 Å². The largest absolute Gasteiger partial charge is 0.465 e. The lowest BCUT2D eigenvalue weighted by Gasteiger charge is -2.45. The summed E-state index contributed by atoms with van der Waals surface area (Å²) in [6.45, 7) is 4.13. The minimum Gasteiger partial charge on any atom is -0.465 e. The van der Waals surface area contributed by atoms with Crippen molar-refractivity contribution < 1.29 is 19.8 Å². The van der Waals surface area contributed by atoms with E-state index in [1.807, 2.05) is 18.2 Å². The molecule has 2 atom stereocenters. The average Bonchev–Trinajstić information content (AvgIpc) is 2.89. The van der Waals surface area contributed by atoms with Gasteiger partial charge in [-0.1, -0.05) is 44.2 Å². The number of nitrogens with one attached hydrogen (secondary N) is 2. The third-order valence-corrected chi connectivity index (χ3v) is 5.37. The Bertz CT molecular complexity index is 588. The number of benzene rings is 1. The van der Waals surface area contributed by atoms with Crippen LogP contribution < -0.4 is 10.6 Å². The van der Waals surface area contributed by atoms with Gasteiger partial charge in [-0.3, -0.25) is 0 Å². The predicted molar refractivity (Wildman–Crippen MR) is 91.2 cm³/mol. The predicted octanol–water partition coefficient (Wildman–Crippen LogP) is 3.47. The van der Waals surface area contributed by atoms with Gasteiger partial charge in [0, 0.05) is 6.04 Å². The molecule has 0 bridgehead atoms. The smallest absolute Gasteiger partial charge is 0.405 e. The molecule has 6 nitrogen and oxygen atoms in total. The Labute approximate surface area is 142 Å². The number of carbonyl (C=O) groups is 2. The van der Waals surface area contributed by atoms with Gasteiger partial charge in [0.2, 0.25) is 0 Å². The van der Waals surface area contributed by atoms with Crippen LogP contribution in [0.3, 0.4) is 0 Å². The highest BCUT2D eigenvalue weighted by molar-refractivity contribution is 5.67. The second-order valence-electron chi connectivity index (χ2n) is 7.27. The standard InChI is InChI=1S/C18H26N2O4/c1-17(2,10-8-13-6-4-3-5-7-13)18(20-16(23)24)11-9-14(12-18)19-15(21)22/h3-7,14,19-20H,8-12H2,1-2H3,(H,21,22)(H,23,24). The lowest BCUT2D eigenvalue weighted by molar-refractivity contribution is 0.0994. The normalized spacial score (nSPS) is 23.7. The van der Waals surface area contributed by atoms with Crippen molar-refractivity contribution in [3.05, 3.63) is 35.9 Å². The molecule has 132 valence electrons. The molecule has 1 aliphatic carbocycles. The lowest BCUT2D eigenvalue weighted by atomic mass is 9.67. The Morgan fingerprint density at radius 2 is 1.88 bits per heavy atom. The zero-order chi connectivity index (χ0) is 17.8. The van der Waals surface area contributed by atoms with E-state index in [0.717, 1.165) is 12.8 Å². The second-order valence-corrected chi connectivity index (χ2v) is 7.27. The summed E-state index contributed by atoms with van der Waals surface area (Å²) < 4.78 is 0. The molecule has 1 fully saturated rings. The molecule has 0 heterocycles. The maximum atomic E-state index is 11.4. The van der Waals surface area contributed by atoms with Gasteiger partial charge in [-0.05, 0) is 43.1 Å². The van der Waals surface area contributed by atoms with Crippen molar-refractivity contribution in [1.82, 2.24) is 10.6 Å². The summed E-state index contributed by atoms with van der Waals surface area (Å²) >= 11 is 0. The van der Waals surface area contributed by atoms with Crippen molar-refractivity contribution >= 4 is 12.2 Å². The van der Waals surface area contributed by atoms with Crippen LogP contribution in [0.5, 0.6) is 0 Å². The van der Waals surface area contributed by atoms with E-state index < -0.39 is 17.7 Å². The van der Waals surface area contributed by atoms with E-state index >= 15 is 0 Å². The van der Waals surface area contributed by atoms with Crippen LogP contribution in [-0.2, 0) is 6.42 Å². The van der Waals surface area contributed by atoms with Crippen molar-refractivity contribution in [3.8, 4) is 0 Å². The molecule has 1 aliphatic rings. The van der Waals surface area contributed by atoms with Crippen LogP contribution in [0.1, 0.15) is 45.1 Å². The zero-order valence-electron chi connectivity index (χ0n) is 14.2. The molecule has 2 unspecified atom stereocenters. The molecule has 1 aromatic rings. The quantitative estimate of drug-likeness (QED) is 0.640. The molecular weight excluding hydrogens is 308 g/mol. The van der Waals surface area contributed by atoms with Gasteiger partial charge in [0.05, 0.1) is 5.54 Å². The first-order valence-electron chi connectivity index (χ1n) is 8.29. The van der Waals surface area contributed by atoms with Crippen molar-refractivity contribution in [3.63, 3.8) is 0 Å². The molecule has 0 saturated heterocycles. The van der Waals surface area contributed by atoms with Gasteiger partial charge in [-0.25, -0.2) is 9.59 Å². The Morgan fingerprint density at radius 3 is 2.46 bits per heavy atom. The SMILES string of the molecule is CC(C)(CCc1ccccc1)C1(NC(=O)O)CCC(NC(=O)O)C1. The van der Waals surface area contributed by atoms with E-state index in [2.05, 4.69) is 36.6 Å². The van der Waals surface area contributed by atoms with E-state index in [9.17, 15) is 14.7 Å². The second kappa shape index (κ2) is 7.11. The van der Waals surface area contributed by atoms with Gasteiger partial charge in [-0.2, -0.15) is 0 Å². The van der Waals surface area contributed by atoms with Gasteiger partial charge >= 0.3 is 12.2 Å². The van der Waals surface area contributed by atoms with E-state index in [-0.39, 0.29) is 11.5 Å². The van der Waals surface area contributed by atoms with Crippen LogP contribution >= 0.6 is 0 Å². The lowest BCUT2D eigenvalue weighted by Crippen LogP contribution is -2.57. The summed E-state index contributed by atoms with van der Waals surface area (Å²) in [4.78, 5) is 22.3. The van der Waals surface area contributed by atoms with Crippen LogP contribution in [0.15, 0.2) is 30.3 Å². The van der Waals surface area contributed by atoms with Crippen LogP contribution in [0.2, 0.25) is 0 Å². The Morgan fingerprint density at radius 1 is 1.21 bits per heavy atom. The number of carboxylic acid groups (broad SMARTS) is 2. The van der Waals surface area contributed by atoms with Crippen LogP contribution in [-0.4, -0.2) is 34.0 Å². The summed E-state index contributed by atoms with van der Waals surface area (Å²) in [5.41, 5.74) is 0.297. The number of hydrogen-bond donors (Lipinski definition) is 4. The molecule has 0 aliphatic heterocycles. The van der Waals surface area contributed by atoms with Gasteiger partial charge in [0.25, 0.3) is 0 Å². The summed E-state index contributed by atoms with van der Waals surface area (Å²) in [6, 6.07) is 9.88. The van der Waals surface area contributed by atoms with Crippen LogP contribution in [0.4, 0.5) is 9.59 Å². The fourth-order valence-electron chi connectivity index (χ4n) is 3.79. The Kier molecular flexibility index (Phi) is 5.36. The van der Waals surface area contributed by atoms with E-state index in [1.54, 1.807) is 0 Å². The minimum atomic E-state index is -1.06. The summed E-state index contributed by atoms with van der Waals surface area (Å²) in [5, 5.41) is 23.5. The Balaban J connectivity index is 2.13. The molecule has 4 N–H and O–H groups in total. The van der Waals surface area contributed by atoms with Crippen molar-refractivity contribution in [2.24, 2.45) is 5.41 Å². The molecule has 2 rings (SSSR count).